The number of rotatable bonds is 10. The van der Waals surface area contributed by atoms with Crippen LogP contribution in [0.5, 0.6) is 0 Å². The minimum absolute atomic E-state index is 0.0884. The molecule has 7 N–H and O–H groups in total. The maximum absolute atomic E-state index is 12.9. The number of nitrogens with one attached hydrogen (secondary N) is 3. The van der Waals surface area contributed by atoms with E-state index >= 15 is 0 Å². The van der Waals surface area contributed by atoms with E-state index in [0.717, 1.165) is 6.42 Å². The van der Waals surface area contributed by atoms with Gasteiger partial charge in [-0.25, -0.2) is 16.7 Å². The number of aromatic amines is 1. The third-order valence-electron chi connectivity index (χ3n) is 5.81. The molecule has 8 heteroatoms. The number of hydrogen-bond acceptors (Lipinski definition) is 7. The Morgan fingerprint density at radius 1 is 1.03 bits per heavy atom. The lowest BCUT2D eigenvalue weighted by atomic mass is 9.88. The highest BCUT2D eigenvalue weighted by Crippen LogP contribution is 2.29. The van der Waals surface area contributed by atoms with E-state index in [1.54, 1.807) is 0 Å². The molecule has 8 nitrogen and oxygen atoms in total. The van der Waals surface area contributed by atoms with Gasteiger partial charge in [-0.3, -0.25) is 4.79 Å². The molecule has 34 heavy (non-hydrogen) atoms. The van der Waals surface area contributed by atoms with Crippen molar-refractivity contribution in [2.24, 2.45) is 11.7 Å². The zero-order chi connectivity index (χ0) is 24.7. The van der Waals surface area contributed by atoms with Gasteiger partial charge in [-0.2, -0.15) is 0 Å². The predicted octanol–water partition coefficient (Wildman–Crippen LogP) is 1.08. The predicted molar refractivity (Wildman–Crippen MR) is 138 cm³/mol. The molecule has 0 aliphatic heterocycles. The Kier molecular flexibility index (Phi) is 8.24. The normalized spacial score (nSPS) is 10.9. The molecule has 0 radical (unpaired) electrons. The molecule has 3 rings (SSSR count). The molecule has 0 atom stereocenters. The third kappa shape index (κ3) is 5.54. The van der Waals surface area contributed by atoms with Crippen molar-refractivity contribution in [3.05, 3.63) is 105 Å². The van der Waals surface area contributed by atoms with Gasteiger partial charge in [0.2, 0.25) is 5.43 Å². The molecular weight excluding hydrogens is 426 g/mol. The van der Waals surface area contributed by atoms with Gasteiger partial charge < -0.3 is 20.7 Å². The molecule has 1 heterocycles. The maximum atomic E-state index is 12.9. The fourth-order valence-electron chi connectivity index (χ4n) is 4.03. The number of aromatic nitrogens is 2. The Morgan fingerprint density at radius 3 is 2.03 bits per heavy atom. The summed E-state index contributed by atoms with van der Waals surface area (Å²) in [6.45, 7) is 12.9. The van der Waals surface area contributed by atoms with Crippen molar-refractivity contribution in [1.29, 1.82) is 0 Å². The van der Waals surface area contributed by atoms with Crippen molar-refractivity contribution < 1.29 is 0 Å². The Bertz CT molecular complexity index is 1220. The fraction of sp³-hybridized carbons (Fsp3) is 0.231. The highest BCUT2D eigenvalue weighted by atomic mass is 16.1. The average Bonchev–Trinajstić information content (AvgIpc) is 2.85. The van der Waals surface area contributed by atoms with E-state index in [1.165, 1.54) is 11.1 Å². The lowest BCUT2D eigenvalue weighted by Crippen LogP contribution is -2.47. The number of benzene rings is 2. The summed E-state index contributed by atoms with van der Waals surface area (Å²) in [6.07, 6.45) is 0.828. The first-order valence-electron chi connectivity index (χ1n) is 11.2. The van der Waals surface area contributed by atoms with Crippen LogP contribution in [-0.4, -0.2) is 27.5 Å². The summed E-state index contributed by atoms with van der Waals surface area (Å²) in [5.41, 5.74) is 7.99. The first kappa shape index (κ1) is 24.8. The molecule has 178 valence electrons. The van der Waals surface area contributed by atoms with Crippen molar-refractivity contribution in [1.82, 2.24) is 25.7 Å². The standard InChI is InChI=1S/C26H33N7O/c1-17(2)33(19(4)23-24(34)18(3)29-25(30-23)26(31-27)32-28)16-15-22(20-11-7-5-8-12-20)21-13-9-6-10-14-21/h5-14,17,22,29,31-32H,3-4,15-16,27-28H2,1-2H3. The van der Waals surface area contributed by atoms with Crippen LogP contribution in [0.1, 0.15) is 43.0 Å². The zero-order valence-electron chi connectivity index (χ0n) is 19.7. The Labute approximate surface area is 199 Å². The monoisotopic (exact) mass is 459 g/mol. The van der Waals surface area contributed by atoms with Crippen LogP contribution in [0, 0.1) is 0 Å². The average molecular weight is 460 g/mol. The van der Waals surface area contributed by atoms with Gasteiger partial charge in [0.05, 0.1) is 11.0 Å². The van der Waals surface area contributed by atoms with E-state index in [1.807, 2.05) is 12.1 Å². The van der Waals surface area contributed by atoms with Crippen molar-refractivity contribution in [2.75, 3.05) is 6.54 Å². The molecule has 0 amide bonds. The summed E-state index contributed by atoms with van der Waals surface area (Å²) in [4.78, 5) is 22.3. The summed E-state index contributed by atoms with van der Waals surface area (Å²) in [5, 5.41) is 0.166. The minimum atomic E-state index is -0.324. The van der Waals surface area contributed by atoms with Crippen LogP contribution in [0.2, 0.25) is 0 Å². The maximum Gasteiger partial charge on any atom is 0.229 e. The minimum Gasteiger partial charge on any atom is -0.368 e. The number of nitrogens with zero attached hydrogens (tertiary/aromatic N) is 2. The summed E-state index contributed by atoms with van der Waals surface area (Å²) in [7, 11) is 0. The molecule has 0 aliphatic rings. The molecule has 1 aromatic heterocycles. The topological polar surface area (TPSA) is 125 Å². The lowest BCUT2D eigenvalue weighted by Gasteiger charge is -2.32. The Morgan fingerprint density at radius 2 is 1.56 bits per heavy atom. The Balaban J connectivity index is 1.97. The molecule has 2 aromatic carbocycles. The van der Waals surface area contributed by atoms with Crippen molar-refractivity contribution in [2.45, 2.75) is 32.2 Å². The van der Waals surface area contributed by atoms with Crippen LogP contribution in [0.3, 0.4) is 0 Å². The second kappa shape index (κ2) is 11.3. The first-order valence-corrected chi connectivity index (χ1v) is 11.2. The van der Waals surface area contributed by atoms with E-state index in [9.17, 15) is 4.79 Å². The van der Waals surface area contributed by atoms with Crippen molar-refractivity contribution in [3.8, 4) is 0 Å². The van der Waals surface area contributed by atoms with Crippen molar-refractivity contribution >= 4 is 18.1 Å². The van der Waals surface area contributed by atoms with E-state index < -0.39 is 0 Å². The van der Waals surface area contributed by atoms with Gasteiger partial charge >= 0.3 is 0 Å². The fourth-order valence-corrected chi connectivity index (χ4v) is 4.03. The van der Waals surface area contributed by atoms with E-state index in [2.05, 4.69) is 101 Å². The van der Waals surface area contributed by atoms with Crippen LogP contribution >= 0.6 is 0 Å². The van der Waals surface area contributed by atoms with Gasteiger partial charge in [-0.15, -0.1) is 0 Å². The highest BCUT2D eigenvalue weighted by Gasteiger charge is 2.21. The largest absolute Gasteiger partial charge is 0.368 e. The molecule has 0 saturated carbocycles. The molecule has 0 bridgehead atoms. The number of hydrazine groups is 2. The summed E-state index contributed by atoms with van der Waals surface area (Å²) in [6, 6.07) is 20.9. The summed E-state index contributed by atoms with van der Waals surface area (Å²) < 4.78 is 0. The highest BCUT2D eigenvalue weighted by molar-refractivity contribution is 5.58. The van der Waals surface area contributed by atoms with Gasteiger partial charge in [0.25, 0.3) is 0 Å². The van der Waals surface area contributed by atoms with E-state index in [-0.39, 0.29) is 39.7 Å². The number of nitrogens with two attached hydrogens (primary N) is 2. The molecule has 0 saturated heterocycles. The van der Waals surface area contributed by atoms with Gasteiger partial charge in [-0.05, 0) is 31.4 Å². The number of H-pyrrole nitrogens is 1. The number of hydrogen-bond donors (Lipinski definition) is 5. The van der Waals surface area contributed by atoms with Crippen molar-refractivity contribution in [3.63, 3.8) is 0 Å². The molecule has 3 aromatic rings. The van der Waals surface area contributed by atoms with Crippen LogP contribution in [0.15, 0.2) is 72.0 Å². The second-order valence-corrected chi connectivity index (χ2v) is 8.30. The Hall–Kier alpha value is -3.88. The van der Waals surface area contributed by atoms with E-state index in [4.69, 9.17) is 11.7 Å². The van der Waals surface area contributed by atoms with Crippen LogP contribution in [0.25, 0.3) is 18.1 Å². The summed E-state index contributed by atoms with van der Waals surface area (Å²) in [5.74, 6) is 11.4. The van der Waals surface area contributed by atoms with Gasteiger partial charge in [0.15, 0.2) is 11.3 Å². The van der Waals surface area contributed by atoms with Gasteiger partial charge in [0.1, 0.15) is 5.69 Å². The zero-order valence-corrected chi connectivity index (χ0v) is 19.7. The lowest BCUT2D eigenvalue weighted by molar-refractivity contribution is 0.319. The first-order chi connectivity index (χ1) is 16.4. The van der Waals surface area contributed by atoms with Gasteiger partial charge in [0, 0.05) is 18.5 Å². The summed E-state index contributed by atoms with van der Waals surface area (Å²) >= 11 is 0. The molecule has 0 unspecified atom stereocenters. The van der Waals surface area contributed by atoms with Gasteiger partial charge in [-0.1, -0.05) is 73.8 Å². The van der Waals surface area contributed by atoms with Crippen LogP contribution < -0.4 is 38.8 Å². The van der Waals surface area contributed by atoms with Crippen LogP contribution in [0.4, 0.5) is 0 Å². The molecule has 0 spiro atoms. The molecule has 0 aliphatic carbocycles. The second-order valence-electron chi connectivity index (χ2n) is 8.30. The quantitative estimate of drug-likeness (QED) is 0.227. The SMILES string of the molecule is C=C(c1nc(=C(NN)NN)[nH]c(=C)c1=O)N(CCC(c1ccccc1)c1ccccc1)C(C)C. The van der Waals surface area contributed by atoms with Crippen LogP contribution in [-0.2, 0) is 0 Å². The molecular formula is C26H33N7O. The molecule has 0 fully saturated rings. The smallest absolute Gasteiger partial charge is 0.229 e. The third-order valence-corrected chi connectivity index (χ3v) is 5.81. The van der Waals surface area contributed by atoms with E-state index in [0.29, 0.717) is 12.2 Å².